The molecule has 2 heterocycles. The van der Waals surface area contributed by atoms with E-state index in [1.165, 1.54) is 45.3 Å². The molecule has 0 amide bonds. The summed E-state index contributed by atoms with van der Waals surface area (Å²) in [5, 5.41) is 3.60. The van der Waals surface area contributed by atoms with Gasteiger partial charge in [0.05, 0.1) is 0 Å². The van der Waals surface area contributed by atoms with Gasteiger partial charge in [-0.25, -0.2) is 0 Å². The minimum atomic E-state index is 0.492. The minimum Gasteiger partial charge on any atom is -0.381 e. The Balaban J connectivity index is 1.81. The number of hydrogen-bond donors (Lipinski definition) is 1. The Kier molecular flexibility index (Phi) is 4.83. The average molecular weight is 240 g/mol. The Bertz CT molecular complexity index is 224. The summed E-state index contributed by atoms with van der Waals surface area (Å²) in [6, 6.07) is 0.720. The third-order valence-corrected chi connectivity index (χ3v) is 4.30. The SMILES string of the molecule is CCNC1CCCN(CC2(C)CCOCC2)C1. The molecule has 100 valence electrons. The Morgan fingerprint density at radius 1 is 1.35 bits per heavy atom. The van der Waals surface area contributed by atoms with E-state index in [1.54, 1.807) is 0 Å². The summed E-state index contributed by atoms with van der Waals surface area (Å²) in [6.45, 7) is 11.5. The Labute approximate surface area is 106 Å². The molecule has 1 N–H and O–H groups in total. The van der Waals surface area contributed by atoms with Crippen molar-refractivity contribution in [3.8, 4) is 0 Å². The minimum absolute atomic E-state index is 0.492. The summed E-state index contributed by atoms with van der Waals surface area (Å²) in [7, 11) is 0. The van der Waals surface area contributed by atoms with Crippen LogP contribution in [0.3, 0.4) is 0 Å². The van der Waals surface area contributed by atoms with Crippen molar-refractivity contribution in [3.63, 3.8) is 0 Å². The van der Waals surface area contributed by atoms with E-state index in [1.807, 2.05) is 0 Å². The highest BCUT2D eigenvalue weighted by molar-refractivity contribution is 4.85. The van der Waals surface area contributed by atoms with Crippen molar-refractivity contribution in [2.24, 2.45) is 5.41 Å². The van der Waals surface area contributed by atoms with Crippen LogP contribution in [0, 0.1) is 5.41 Å². The molecule has 0 saturated carbocycles. The van der Waals surface area contributed by atoms with E-state index in [4.69, 9.17) is 4.74 Å². The highest BCUT2D eigenvalue weighted by Crippen LogP contribution is 2.31. The highest BCUT2D eigenvalue weighted by atomic mass is 16.5. The summed E-state index contributed by atoms with van der Waals surface area (Å²) >= 11 is 0. The Morgan fingerprint density at radius 3 is 2.82 bits per heavy atom. The van der Waals surface area contributed by atoms with Crippen LogP contribution in [0.15, 0.2) is 0 Å². The van der Waals surface area contributed by atoms with Gasteiger partial charge in [-0.15, -0.1) is 0 Å². The zero-order valence-electron chi connectivity index (χ0n) is 11.5. The van der Waals surface area contributed by atoms with Gasteiger partial charge in [-0.3, -0.25) is 0 Å². The number of nitrogens with zero attached hydrogens (tertiary/aromatic N) is 1. The van der Waals surface area contributed by atoms with Crippen molar-refractivity contribution in [1.29, 1.82) is 0 Å². The van der Waals surface area contributed by atoms with Crippen LogP contribution in [-0.4, -0.2) is 50.3 Å². The molecule has 3 nitrogen and oxygen atoms in total. The van der Waals surface area contributed by atoms with Gasteiger partial charge in [-0.2, -0.15) is 0 Å². The molecule has 0 spiro atoms. The summed E-state index contributed by atoms with van der Waals surface area (Å²) in [6.07, 6.45) is 5.17. The first-order valence-electron chi connectivity index (χ1n) is 7.25. The number of nitrogens with one attached hydrogen (secondary N) is 1. The molecule has 2 saturated heterocycles. The summed E-state index contributed by atoms with van der Waals surface area (Å²) < 4.78 is 5.48. The van der Waals surface area contributed by atoms with E-state index >= 15 is 0 Å². The second kappa shape index (κ2) is 6.17. The maximum absolute atomic E-state index is 5.48. The second-order valence-electron chi connectivity index (χ2n) is 6.05. The third-order valence-electron chi connectivity index (χ3n) is 4.30. The van der Waals surface area contributed by atoms with Crippen LogP contribution in [0.1, 0.15) is 39.5 Å². The highest BCUT2D eigenvalue weighted by Gasteiger charge is 2.31. The van der Waals surface area contributed by atoms with E-state index in [0.29, 0.717) is 5.41 Å². The molecule has 0 aliphatic carbocycles. The van der Waals surface area contributed by atoms with Gasteiger partial charge in [-0.1, -0.05) is 13.8 Å². The van der Waals surface area contributed by atoms with E-state index in [-0.39, 0.29) is 0 Å². The third kappa shape index (κ3) is 3.94. The topological polar surface area (TPSA) is 24.5 Å². The molecule has 0 bridgehead atoms. The van der Waals surface area contributed by atoms with Crippen LogP contribution < -0.4 is 5.32 Å². The molecule has 1 atom stereocenters. The molecule has 2 aliphatic rings. The number of likely N-dealkylation sites (N-methyl/N-ethyl adjacent to an activating group) is 1. The van der Waals surface area contributed by atoms with E-state index in [9.17, 15) is 0 Å². The fourth-order valence-electron chi connectivity index (χ4n) is 3.22. The van der Waals surface area contributed by atoms with Crippen LogP contribution in [0.25, 0.3) is 0 Å². The van der Waals surface area contributed by atoms with Crippen molar-refractivity contribution < 1.29 is 4.74 Å². The maximum Gasteiger partial charge on any atom is 0.0471 e. The molecular formula is C14H28N2O. The number of rotatable bonds is 4. The van der Waals surface area contributed by atoms with Gasteiger partial charge in [0.1, 0.15) is 0 Å². The molecule has 2 fully saturated rings. The molecular weight excluding hydrogens is 212 g/mol. The van der Waals surface area contributed by atoms with Gasteiger partial charge in [0.25, 0.3) is 0 Å². The second-order valence-corrected chi connectivity index (χ2v) is 6.05. The number of piperidine rings is 1. The first-order chi connectivity index (χ1) is 8.22. The van der Waals surface area contributed by atoms with Crippen molar-refractivity contribution in [2.75, 3.05) is 39.4 Å². The van der Waals surface area contributed by atoms with Gasteiger partial charge in [-0.05, 0) is 44.2 Å². The number of ether oxygens (including phenoxy) is 1. The maximum atomic E-state index is 5.48. The van der Waals surface area contributed by atoms with Crippen molar-refractivity contribution >= 4 is 0 Å². The quantitative estimate of drug-likeness (QED) is 0.812. The number of hydrogen-bond acceptors (Lipinski definition) is 3. The molecule has 1 unspecified atom stereocenters. The van der Waals surface area contributed by atoms with Gasteiger partial charge in [0.2, 0.25) is 0 Å². The molecule has 0 aromatic rings. The van der Waals surface area contributed by atoms with Gasteiger partial charge >= 0.3 is 0 Å². The lowest BCUT2D eigenvalue weighted by Gasteiger charge is -2.41. The lowest BCUT2D eigenvalue weighted by molar-refractivity contribution is 0.0000648. The van der Waals surface area contributed by atoms with Gasteiger partial charge in [0.15, 0.2) is 0 Å². The largest absolute Gasteiger partial charge is 0.381 e. The predicted molar refractivity (Wildman–Crippen MR) is 71.3 cm³/mol. The molecule has 3 heteroatoms. The lowest BCUT2D eigenvalue weighted by atomic mass is 9.81. The summed E-state index contributed by atoms with van der Waals surface area (Å²) in [5.41, 5.74) is 0.492. The summed E-state index contributed by atoms with van der Waals surface area (Å²) in [5.74, 6) is 0. The lowest BCUT2D eigenvalue weighted by Crippen LogP contribution is -2.49. The monoisotopic (exact) mass is 240 g/mol. The molecule has 0 aromatic heterocycles. The number of likely N-dealkylation sites (tertiary alicyclic amines) is 1. The Hall–Kier alpha value is -0.120. The van der Waals surface area contributed by atoms with Crippen LogP contribution in [-0.2, 0) is 4.74 Å². The standard InChI is InChI=1S/C14H28N2O/c1-3-15-13-5-4-8-16(11-13)12-14(2)6-9-17-10-7-14/h13,15H,3-12H2,1-2H3. The van der Waals surface area contributed by atoms with E-state index in [2.05, 4.69) is 24.1 Å². The van der Waals surface area contributed by atoms with Crippen LogP contribution >= 0.6 is 0 Å². The zero-order chi connectivity index (χ0) is 12.1. The predicted octanol–water partition coefficient (Wildman–Crippen LogP) is 1.88. The first-order valence-corrected chi connectivity index (χ1v) is 7.25. The smallest absolute Gasteiger partial charge is 0.0471 e. The summed E-state index contributed by atoms with van der Waals surface area (Å²) in [4.78, 5) is 2.67. The molecule has 0 radical (unpaired) electrons. The van der Waals surface area contributed by atoms with Gasteiger partial charge in [0, 0.05) is 32.3 Å². The van der Waals surface area contributed by atoms with E-state index < -0.39 is 0 Å². The van der Waals surface area contributed by atoms with Crippen molar-refractivity contribution in [1.82, 2.24) is 10.2 Å². The van der Waals surface area contributed by atoms with Crippen LogP contribution in [0.5, 0.6) is 0 Å². The fraction of sp³-hybridized carbons (Fsp3) is 1.00. The van der Waals surface area contributed by atoms with Crippen molar-refractivity contribution in [2.45, 2.75) is 45.6 Å². The zero-order valence-corrected chi connectivity index (χ0v) is 11.5. The normalized spacial score (nSPS) is 30.4. The van der Waals surface area contributed by atoms with E-state index in [0.717, 1.165) is 25.8 Å². The average Bonchev–Trinajstić information content (AvgIpc) is 2.30. The van der Waals surface area contributed by atoms with Crippen LogP contribution in [0.2, 0.25) is 0 Å². The van der Waals surface area contributed by atoms with Gasteiger partial charge < -0.3 is 15.0 Å². The molecule has 2 rings (SSSR count). The van der Waals surface area contributed by atoms with Crippen molar-refractivity contribution in [3.05, 3.63) is 0 Å². The van der Waals surface area contributed by atoms with Crippen LogP contribution in [0.4, 0.5) is 0 Å². The Morgan fingerprint density at radius 2 is 2.12 bits per heavy atom. The molecule has 17 heavy (non-hydrogen) atoms. The molecule has 2 aliphatic heterocycles. The fourth-order valence-corrected chi connectivity index (χ4v) is 3.22. The first kappa shape index (κ1) is 13.3. The molecule has 0 aromatic carbocycles.